The van der Waals surface area contributed by atoms with E-state index in [9.17, 15) is 4.39 Å². The highest BCUT2D eigenvalue weighted by molar-refractivity contribution is 5.83. The van der Waals surface area contributed by atoms with Crippen LogP contribution in [0.2, 0.25) is 0 Å². The van der Waals surface area contributed by atoms with Gasteiger partial charge in [-0.2, -0.15) is 0 Å². The standard InChI is InChI=1S/C23H25FN2O3/c1-27-20-6-7-22-21(12-20)17(9-10-25-22)5-8-23-28-14-19(15-29-23)26-13-16-3-2-4-18(24)11-16/h2-4,6-7,9-12,19,23,26H,5,8,13-15H2,1H3. The van der Waals surface area contributed by atoms with Crippen molar-refractivity contribution >= 4 is 10.9 Å². The van der Waals surface area contributed by atoms with Gasteiger partial charge in [-0.3, -0.25) is 4.98 Å². The summed E-state index contributed by atoms with van der Waals surface area (Å²) in [6.07, 6.45) is 3.21. The third-order valence-corrected chi connectivity index (χ3v) is 5.14. The van der Waals surface area contributed by atoms with Crippen LogP contribution in [0.5, 0.6) is 5.75 Å². The molecule has 1 aromatic heterocycles. The first kappa shape index (κ1) is 19.8. The number of nitrogens with zero attached hydrogens (tertiary/aromatic N) is 1. The molecule has 1 fully saturated rings. The molecular formula is C23H25FN2O3. The van der Waals surface area contributed by atoms with E-state index >= 15 is 0 Å². The molecule has 0 aliphatic carbocycles. The van der Waals surface area contributed by atoms with E-state index in [1.165, 1.54) is 17.7 Å². The second-order valence-electron chi connectivity index (χ2n) is 7.20. The summed E-state index contributed by atoms with van der Waals surface area (Å²) in [7, 11) is 1.67. The minimum absolute atomic E-state index is 0.0977. The first-order chi connectivity index (χ1) is 14.2. The maximum atomic E-state index is 13.3. The van der Waals surface area contributed by atoms with Crippen molar-refractivity contribution in [3.63, 3.8) is 0 Å². The number of rotatable bonds is 7. The van der Waals surface area contributed by atoms with Crippen molar-refractivity contribution in [1.29, 1.82) is 0 Å². The smallest absolute Gasteiger partial charge is 0.158 e. The molecule has 152 valence electrons. The number of methoxy groups -OCH3 is 1. The van der Waals surface area contributed by atoms with Gasteiger partial charge in [-0.25, -0.2) is 4.39 Å². The molecule has 0 radical (unpaired) electrons. The number of fused-ring (bicyclic) bond motifs is 1. The Bertz CT molecular complexity index is 958. The summed E-state index contributed by atoms with van der Waals surface area (Å²) in [6.45, 7) is 1.74. The van der Waals surface area contributed by atoms with Crippen LogP contribution in [0.1, 0.15) is 17.5 Å². The van der Waals surface area contributed by atoms with Crippen molar-refractivity contribution in [2.45, 2.75) is 31.7 Å². The number of halogens is 1. The highest BCUT2D eigenvalue weighted by Crippen LogP contribution is 2.24. The number of hydrogen-bond acceptors (Lipinski definition) is 5. The molecule has 2 heterocycles. The maximum Gasteiger partial charge on any atom is 0.158 e. The molecule has 0 spiro atoms. The van der Waals surface area contributed by atoms with Gasteiger partial charge >= 0.3 is 0 Å². The van der Waals surface area contributed by atoms with Gasteiger partial charge < -0.3 is 19.5 Å². The molecule has 2 aromatic carbocycles. The van der Waals surface area contributed by atoms with Crippen molar-refractivity contribution in [2.75, 3.05) is 20.3 Å². The van der Waals surface area contributed by atoms with E-state index in [1.54, 1.807) is 13.2 Å². The number of ether oxygens (including phenoxy) is 3. The number of benzene rings is 2. The monoisotopic (exact) mass is 396 g/mol. The molecule has 0 saturated carbocycles. The van der Waals surface area contributed by atoms with Crippen molar-refractivity contribution in [1.82, 2.24) is 10.3 Å². The van der Waals surface area contributed by atoms with E-state index in [1.807, 2.05) is 36.5 Å². The number of nitrogens with one attached hydrogen (secondary N) is 1. The zero-order valence-corrected chi connectivity index (χ0v) is 16.4. The Morgan fingerprint density at radius 3 is 2.79 bits per heavy atom. The summed E-state index contributed by atoms with van der Waals surface area (Å²) < 4.78 is 30.4. The fraction of sp³-hybridized carbons (Fsp3) is 0.348. The van der Waals surface area contributed by atoms with Crippen LogP contribution in [0.3, 0.4) is 0 Å². The molecule has 6 heteroatoms. The van der Waals surface area contributed by atoms with E-state index in [0.29, 0.717) is 19.8 Å². The fourth-order valence-corrected chi connectivity index (χ4v) is 3.54. The third kappa shape index (κ3) is 5.09. The Kier molecular flexibility index (Phi) is 6.34. The average molecular weight is 396 g/mol. The zero-order chi connectivity index (χ0) is 20.1. The van der Waals surface area contributed by atoms with Crippen molar-refractivity contribution in [3.05, 3.63) is 71.7 Å². The van der Waals surface area contributed by atoms with Gasteiger partial charge in [0.25, 0.3) is 0 Å². The number of hydrogen-bond donors (Lipinski definition) is 1. The van der Waals surface area contributed by atoms with E-state index in [2.05, 4.69) is 10.3 Å². The minimum Gasteiger partial charge on any atom is -0.497 e. The topological polar surface area (TPSA) is 52.6 Å². The van der Waals surface area contributed by atoms with Crippen LogP contribution in [0, 0.1) is 5.82 Å². The van der Waals surface area contributed by atoms with Crippen LogP contribution in [0.4, 0.5) is 4.39 Å². The van der Waals surface area contributed by atoms with Gasteiger partial charge in [0.15, 0.2) is 6.29 Å². The predicted octanol–water partition coefficient (Wildman–Crippen LogP) is 3.85. The largest absolute Gasteiger partial charge is 0.497 e. The molecule has 0 amide bonds. The lowest BCUT2D eigenvalue weighted by Crippen LogP contribution is -2.44. The Labute approximate surface area is 169 Å². The normalized spacial score (nSPS) is 19.4. The molecule has 4 rings (SSSR count). The predicted molar refractivity (Wildman–Crippen MR) is 109 cm³/mol. The molecule has 1 N–H and O–H groups in total. The van der Waals surface area contributed by atoms with Crippen LogP contribution >= 0.6 is 0 Å². The molecule has 5 nitrogen and oxygen atoms in total. The Balaban J connectivity index is 1.27. The van der Waals surface area contributed by atoms with Crippen LogP contribution in [-0.4, -0.2) is 37.6 Å². The maximum absolute atomic E-state index is 13.3. The van der Waals surface area contributed by atoms with Crippen LogP contribution < -0.4 is 10.1 Å². The molecule has 1 aliphatic heterocycles. The van der Waals surface area contributed by atoms with Gasteiger partial charge in [-0.05, 0) is 53.9 Å². The van der Waals surface area contributed by atoms with E-state index in [-0.39, 0.29) is 18.1 Å². The third-order valence-electron chi connectivity index (χ3n) is 5.14. The van der Waals surface area contributed by atoms with Gasteiger partial charge in [-0.15, -0.1) is 0 Å². The molecule has 0 atom stereocenters. The van der Waals surface area contributed by atoms with E-state index < -0.39 is 0 Å². The summed E-state index contributed by atoms with van der Waals surface area (Å²) in [5, 5.41) is 4.45. The average Bonchev–Trinajstić information content (AvgIpc) is 2.76. The Morgan fingerprint density at radius 2 is 2.00 bits per heavy atom. The zero-order valence-electron chi connectivity index (χ0n) is 16.4. The van der Waals surface area contributed by atoms with Gasteiger partial charge in [-0.1, -0.05) is 12.1 Å². The van der Waals surface area contributed by atoms with E-state index in [4.69, 9.17) is 14.2 Å². The van der Waals surface area contributed by atoms with Gasteiger partial charge in [0.2, 0.25) is 0 Å². The summed E-state index contributed by atoms with van der Waals surface area (Å²) in [5.41, 5.74) is 3.06. The number of aryl methyl sites for hydroxylation is 1. The molecule has 0 unspecified atom stereocenters. The highest BCUT2D eigenvalue weighted by Gasteiger charge is 2.22. The van der Waals surface area contributed by atoms with Crippen LogP contribution in [0.15, 0.2) is 54.7 Å². The van der Waals surface area contributed by atoms with Gasteiger partial charge in [0.1, 0.15) is 11.6 Å². The Morgan fingerprint density at radius 1 is 1.14 bits per heavy atom. The summed E-state index contributed by atoms with van der Waals surface area (Å²) >= 11 is 0. The van der Waals surface area contributed by atoms with E-state index in [0.717, 1.165) is 35.1 Å². The lowest BCUT2D eigenvalue weighted by atomic mass is 10.0. The molecule has 29 heavy (non-hydrogen) atoms. The van der Waals surface area contributed by atoms with Crippen LogP contribution in [0.25, 0.3) is 10.9 Å². The summed E-state index contributed by atoms with van der Waals surface area (Å²) in [4.78, 5) is 4.42. The highest BCUT2D eigenvalue weighted by atomic mass is 19.1. The van der Waals surface area contributed by atoms with Crippen LogP contribution in [-0.2, 0) is 22.4 Å². The number of pyridine rings is 1. The van der Waals surface area contributed by atoms with Crippen molar-refractivity contribution < 1.29 is 18.6 Å². The molecule has 1 aliphatic rings. The lowest BCUT2D eigenvalue weighted by Gasteiger charge is -2.30. The molecule has 3 aromatic rings. The summed E-state index contributed by atoms with van der Waals surface area (Å²) in [5.74, 6) is 0.603. The Hall–Kier alpha value is -2.54. The number of aromatic nitrogens is 1. The van der Waals surface area contributed by atoms with Gasteiger partial charge in [0, 0.05) is 24.5 Å². The fourth-order valence-electron chi connectivity index (χ4n) is 3.54. The molecule has 1 saturated heterocycles. The van der Waals surface area contributed by atoms with Crippen molar-refractivity contribution in [3.8, 4) is 5.75 Å². The molecular weight excluding hydrogens is 371 g/mol. The lowest BCUT2D eigenvalue weighted by molar-refractivity contribution is -0.192. The quantitative estimate of drug-likeness (QED) is 0.658. The summed E-state index contributed by atoms with van der Waals surface area (Å²) in [6, 6.07) is 14.6. The second kappa shape index (κ2) is 9.31. The first-order valence-corrected chi connectivity index (χ1v) is 9.84. The molecule has 0 bridgehead atoms. The minimum atomic E-state index is -0.226. The van der Waals surface area contributed by atoms with Crippen molar-refractivity contribution in [2.24, 2.45) is 0 Å². The van der Waals surface area contributed by atoms with Gasteiger partial charge in [0.05, 0.1) is 31.9 Å². The SMILES string of the molecule is COc1ccc2nccc(CCC3OCC(NCc4cccc(F)c4)CO3)c2c1. The second-order valence-corrected chi connectivity index (χ2v) is 7.20. The first-order valence-electron chi connectivity index (χ1n) is 9.84.